The number of fused-ring (bicyclic) bond motifs is 5. The molecule has 4 aliphatic carbocycles. The summed E-state index contributed by atoms with van der Waals surface area (Å²) in [6.45, 7) is 2.29. The Labute approximate surface area is 127 Å². The predicted octanol–water partition coefficient (Wildman–Crippen LogP) is 2.25. The van der Waals surface area contributed by atoms with Gasteiger partial charge in [0, 0.05) is 12.3 Å². The van der Waals surface area contributed by atoms with E-state index in [0.717, 1.165) is 32.1 Å². The van der Waals surface area contributed by atoms with Gasteiger partial charge in [0.25, 0.3) is 0 Å². The molecule has 0 heterocycles. The Morgan fingerprint density at radius 2 is 1.86 bits per heavy atom. The molecule has 0 unspecified atom stereocenters. The summed E-state index contributed by atoms with van der Waals surface area (Å²) in [5.41, 5.74) is 1.42. The minimum atomic E-state index is -0.454. The Bertz CT molecular complexity index is 459. The van der Waals surface area contributed by atoms with Crippen molar-refractivity contribution >= 4 is 0 Å². The maximum Gasteiger partial charge on any atom is 0.0748 e. The fourth-order valence-corrected chi connectivity index (χ4v) is 6.36. The highest BCUT2D eigenvalue weighted by atomic mass is 16.3. The lowest BCUT2D eigenvalue weighted by Gasteiger charge is -2.54. The summed E-state index contributed by atoms with van der Waals surface area (Å²) in [7, 11) is 0. The third kappa shape index (κ3) is 1.97. The fourth-order valence-electron chi connectivity index (χ4n) is 6.36. The Balaban J connectivity index is 1.64. The Morgan fingerprint density at radius 3 is 2.67 bits per heavy atom. The van der Waals surface area contributed by atoms with Crippen molar-refractivity contribution in [1.29, 1.82) is 0 Å². The van der Waals surface area contributed by atoms with Gasteiger partial charge in [0.1, 0.15) is 0 Å². The molecule has 3 heteroatoms. The second kappa shape index (κ2) is 4.81. The highest BCUT2D eigenvalue weighted by Gasteiger charge is 2.56. The zero-order chi connectivity index (χ0) is 14.8. The third-order valence-electron chi connectivity index (χ3n) is 7.40. The van der Waals surface area contributed by atoms with Crippen molar-refractivity contribution in [1.82, 2.24) is 0 Å². The van der Waals surface area contributed by atoms with Gasteiger partial charge < -0.3 is 15.3 Å². The molecule has 3 nitrogen and oxygen atoms in total. The van der Waals surface area contributed by atoms with Crippen LogP contribution in [0.2, 0.25) is 0 Å². The van der Waals surface area contributed by atoms with E-state index in [2.05, 4.69) is 6.92 Å². The molecular formula is C18H28O3. The highest BCUT2D eigenvalue weighted by Crippen LogP contribution is 2.61. The smallest absolute Gasteiger partial charge is 0.0748 e. The Hall–Kier alpha value is -0.380. The lowest BCUT2D eigenvalue weighted by Crippen LogP contribution is -2.50. The molecule has 3 fully saturated rings. The van der Waals surface area contributed by atoms with Gasteiger partial charge in [0.15, 0.2) is 0 Å². The first-order chi connectivity index (χ1) is 10.0. The van der Waals surface area contributed by atoms with Crippen LogP contribution in [0.4, 0.5) is 0 Å². The maximum absolute atomic E-state index is 10.5. The summed E-state index contributed by atoms with van der Waals surface area (Å²) < 4.78 is 0. The topological polar surface area (TPSA) is 60.7 Å². The fraction of sp³-hybridized carbons (Fsp3) is 0.889. The number of rotatable bonds is 0. The first-order valence-corrected chi connectivity index (χ1v) is 8.75. The van der Waals surface area contributed by atoms with Crippen LogP contribution in [-0.2, 0) is 0 Å². The molecule has 0 aromatic heterocycles. The van der Waals surface area contributed by atoms with Gasteiger partial charge in [-0.3, -0.25) is 0 Å². The van der Waals surface area contributed by atoms with Crippen molar-refractivity contribution in [2.45, 2.75) is 70.2 Å². The highest BCUT2D eigenvalue weighted by molar-refractivity contribution is 5.22. The maximum atomic E-state index is 10.5. The lowest BCUT2D eigenvalue weighted by atomic mass is 9.51. The normalized spacial score (nSPS) is 56.2. The van der Waals surface area contributed by atoms with Crippen molar-refractivity contribution in [2.24, 2.45) is 29.1 Å². The minimum Gasteiger partial charge on any atom is -0.393 e. The first kappa shape index (κ1) is 14.2. The van der Waals surface area contributed by atoms with E-state index in [0.29, 0.717) is 24.2 Å². The molecule has 0 bridgehead atoms. The summed E-state index contributed by atoms with van der Waals surface area (Å²) in [5.74, 6) is 2.13. The van der Waals surface area contributed by atoms with E-state index in [-0.39, 0.29) is 23.5 Å². The molecule has 3 N–H and O–H groups in total. The molecule has 4 rings (SSSR count). The van der Waals surface area contributed by atoms with Crippen molar-refractivity contribution in [3.63, 3.8) is 0 Å². The van der Waals surface area contributed by atoms with E-state index >= 15 is 0 Å². The molecule has 21 heavy (non-hydrogen) atoms. The van der Waals surface area contributed by atoms with Crippen LogP contribution in [-0.4, -0.2) is 33.6 Å². The molecule has 8 atom stereocenters. The second-order valence-corrected chi connectivity index (χ2v) is 8.25. The second-order valence-electron chi connectivity index (χ2n) is 8.25. The summed E-state index contributed by atoms with van der Waals surface area (Å²) in [5, 5.41) is 30.8. The number of hydrogen-bond donors (Lipinski definition) is 3. The van der Waals surface area contributed by atoms with Gasteiger partial charge in [-0.15, -0.1) is 0 Å². The van der Waals surface area contributed by atoms with Crippen LogP contribution < -0.4 is 0 Å². The molecule has 0 saturated heterocycles. The average molecular weight is 292 g/mol. The van der Waals surface area contributed by atoms with Crippen LogP contribution in [0.5, 0.6) is 0 Å². The molecule has 0 aliphatic heterocycles. The van der Waals surface area contributed by atoms with Crippen molar-refractivity contribution in [2.75, 3.05) is 0 Å². The van der Waals surface area contributed by atoms with Gasteiger partial charge in [-0.05, 0) is 61.7 Å². The van der Waals surface area contributed by atoms with E-state index in [4.69, 9.17) is 0 Å². The quantitative estimate of drug-likeness (QED) is 0.600. The van der Waals surface area contributed by atoms with E-state index in [9.17, 15) is 15.3 Å². The van der Waals surface area contributed by atoms with Gasteiger partial charge in [0.05, 0.1) is 18.3 Å². The summed E-state index contributed by atoms with van der Waals surface area (Å²) in [4.78, 5) is 0. The summed E-state index contributed by atoms with van der Waals surface area (Å²) in [6, 6.07) is 0. The van der Waals surface area contributed by atoms with Crippen molar-refractivity contribution < 1.29 is 15.3 Å². The van der Waals surface area contributed by atoms with Gasteiger partial charge in [-0.25, -0.2) is 0 Å². The largest absolute Gasteiger partial charge is 0.393 e. The van der Waals surface area contributed by atoms with E-state index < -0.39 is 6.10 Å². The van der Waals surface area contributed by atoms with Gasteiger partial charge in [-0.2, -0.15) is 0 Å². The monoisotopic (exact) mass is 292 g/mol. The lowest BCUT2D eigenvalue weighted by molar-refractivity contribution is -0.0764. The molecular weight excluding hydrogens is 264 g/mol. The molecule has 0 amide bonds. The van der Waals surface area contributed by atoms with Crippen LogP contribution in [0.1, 0.15) is 51.9 Å². The van der Waals surface area contributed by atoms with Gasteiger partial charge >= 0.3 is 0 Å². The third-order valence-corrected chi connectivity index (χ3v) is 7.40. The van der Waals surface area contributed by atoms with Crippen LogP contribution in [0.25, 0.3) is 0 Å². The summed E-state index contributed by atoms with van der Waals surface area (Å²) in [6.07, 6.45) is 8.12. The molecule has 118 valence electrons. The van der Waals surface area contributed by atoms with Crippen molar-refractivity contribution in [3.8, 4) is 0 Å². The summed E-state index contributed by atoms with van der Waals surface area (Å²) >= 11 is 0. The minimum absolute atomic E-state index is 0.113. The number of aliphatic hydroxyl groups excluding tert-OH is 3. The molecule has 0 spiro atoms. The molecule has 0 aromatic rings. The standard InChI is InChI=1S/C18H28O3/c1-18-7-6-13-12(14(18)4-5-16(18)21)3-2-10-8-11(19)9-15(20)17(10)13/h8,11-17,19-21H,2-7,9H2,1H3/t11-,12-,13+,14+,15-,16+,17+,18+/m1/s1. The first-order valence-electron chi connectivity index (χ1n) is 8.75. The van der Waals surface area contributed by atoms with Crippen LogP contribution in [0, 0.1) is 29.1 Å². The molecule has 3 saturated carbocycles. The zero-order valence-corrected chi connectivity index (χ0v) is 12.9. The van der Waals surface area contributed by atoms with Crippen LogP contribution >= 0.6 is 0 Å². The zero-order valence-electron chi connectivity index (χ0n) is 12.9. The average Bonchev–Trinajstić information content (AvgIpc) is 2.74. The number of hydrogen-bond acceptors (Lipinski definition) is 3. The molecule has 0 aromatic carbocycles. The SMILES string of the molecule is C[C@]12CC[C@H]3[C@@H](CCC4=C[C@@H](O)C[C@@H](O)[C@@H]43)[C@@H]1CC[C@@H]2O. The van der Waals surface area contributed by atoms with E-state index in [1.807, 2.05) is 6.08 Å². The van der Waals surface area contributed by atoms with E-state index in [1.54, 1.807) is 0 Å². The van der Waals surface area contributed by atoms with Crippen molar-refractivity contribution in [3.05, 3.63) is 11.6 Å². The number of aliphatic hydroxyl groups is 3. The van der Waals surface area contributed by atoms with E-state index in [1.165, 1.54) is 12.0 Å². The Kier molecular flexibility index (Phi) is 3.26. The van der Waals surface area contributed by atoms with Gasteiger partial charge in [0.2, 0.25) is 0 Å². The van der Waals surface area contributed by atoms with Crippen LogP contribution in [0.15, 0.2) is 11.6 Å². The van der Waals surface area contributed by atoms with Gasteiger partial charge in [-0.1, -0.05) is 18.6 Å². The van der Waals surface area contributed by atoms with Crippen LogP contribution in [0.3, 0.4) is 0 Å². The Morgan fingerprint density at radius 1 is 1.05 bits per heavy atom. The molecule has 4 aliphatic rings. The predicted molar refractivity (Wildman–Crippen MR) is 80.5 cm³/mol. The molecule has 0 radical (unpaired) electrons.